The van der Waals surface area contributed by atoms with Gasteiger partial charge < -0.3 is 15.0 Å². The lowest BCUT2D eigenvalue weighted by Crippen LogP contribution is -2.25. The van der Waals surface area contributed by atoms with E-state index in [-0.39, 0.29) is 17.6 Å². The molecule has 0 radical (unpaired) electrons. The highest BCUT2D eigenvalue weighted by atomic mass is 16.4. The maximum absolute atomic E-state index is 10.6. The third-order valence-corrected chi connectivity index (χ3v) is 2.48. The van der Waals surface area contributed by atoms with Gasteiger partial charge in [-0.2, -0.15) is 0 Å². The van der Waals surface area contributed by atoms with Crippen molar-refractivity contribution < 1.29 is 15.0 Å². The molecule has 0 aromatic heterocycles. The number of aromatic hydroxyl groups is 1. The Labute approximate surface area is 95.7 Å². The lowest BCUT2D eigenvalue weighted by molar-refractivity contribution is -0.304. The van der Waals surface area contributed by atoms with E-state index in [0.717, 1.165) is 11.1 Å². The van der Waals surface area contributed by atoms with E-state index >= 15 is 0 Å². The standard InChI is InChI=1S/C13H18O3/c1-8-5-9(7-11(14)15)12(16)10(6-8)13(2,3)4/h5-6,16H,7H2,1-4H3,(H,14,15)/p-1. The van der Waals surface area contributed by atoms with E-state index < -0.39 is 5.97 Å². The molecule has 0 aliphatic rings. The van der Waals surface area contributed by atoms with Gasteiger partial charge in [0.05, 0.1) is 0 Å². The molecule has 3 heteroatoms. The molecule has 0 amide bonds. The molecule has 1 N–H and O–H groups in total. The smallest absolute Gasteiger partial charge is 0.122 e. The molecule has 1 aromatic rings. The molecule has 0 atom stereocenters. The number of carbonyl (C=O) groups excluding carboxylic acids is 1. The predicted octanol–water partition coefficient (Wildman–Crippen LogP) is 1.29. The normalized spacial score (nSPS) is 11.5. The number of hydrogen-bond donors (Lipinski definition) is 1. The molecule has 0 aliphatic carbocycles. The minimum Gasteiger partial charge on any atom is -0.550 e. The van der Waals surface area contributed by atoms with Gasteiger partial charge in [0.25, 0.3) is 0 Å². The van der Waals surface area contributed by atoms with Crippen LogP contribution in [0.3, 0.4) is 0 Å². The van der Waals surface area contributed by atoms with E-state index in [1.54, 1.807) is 6.07 Å². The molecule has 0 unspecified atom stereocenters. The molecule has 0 saturated heterocycles. The van der Waals surface area contributed by atoms with E-state index in [0.29, 0.717) is 5.56 Å². The summed E-state index contributed by atoms with van der Waals surface area (Å²) in [7, 11) is 0. The second-order valence-corrected chi connectivity index (χ2v) is 5.12. The van der Waals surface area contributed by atoms with Crippen LogP contribution in [0, 0.1) is 6.92 Å². The highest BCUT2D eigenvalue weighted by molar-refractivity contribution is 5.70. The molecular formula is C13H17O3-. The first-order chi connectivity index (χ1) is 7.21. The molecule has 0 heterocycles. The monoisotopic (exact) mass is 221 g/mol. The lowest BCUT2D eigenvalue weighted by Gasteiger charge is -2.23. The number of phenols is 1. The van der Waals surface area contributed by atoms with Gasteiger partial charge in [0.15, 0.2) is 0 Å². The maximum atomic E-state index is 10.6. The average Bonchev–Trinajstić information content (AvgIpc) is 2.07. The first-order valence-corrected chi connectivity index (χ1v) is 5.24. The topological polar surface area (TPSA) is 60.4 Å². The molecule has 3 nitrogen and oxygen atoms in total. The summed E-state index contributed by atoms with van der Waals surface area (Å²) in [5.74, 6) is -1.11. The number of benzene rings is 1. The third kappa shape index (κ3) is 2.75. The summed E-state index contributed by atoms with van der Waals surface area (Å²) in [6.07, 6.45) is -0.253. The molecule has 0 bridgehead atoms. The quantitative estimate of drug-likeness (QED) is 0.818. The number of carboxylic acids is 1. The summed E-state index contributed by atoms with van der Waals surface area (Å²) < 4.78 is 0. The van der Waals surface area contributed by atoms with Gasteiger partial charge in [0, 0.05) is 18.0 Å². The maximum Gasteiger partial charge on any atom is 0.122 e. The zero-order valence-corrected chi connectivity index (χ0v) is 10.1. The van der Waals surface area contributed by atoms with Gasteiger partial charge in [-0.15, -0.1) is 0 Å². The van der Waals surface area contributed by atoms with Crippen LogP contribution in [0.4, 0.5) is 0 Å². The zero-order valence-electron chi connectivity index (χ0n) is 10.1. The Hall–Kier alpha value is -1.51. The molecule has 1 aromatic carbocycles. The van der Waals surface area contributed by atoms with Crippen molar-refractivity contribution in [3.05, 3.63) is 28.8 Å². The van der Waals surface area contributed by atoms with Crippen molar-refractivity contribution in [1.29, 1.82) is 0 Å². The SMILES string of the molecule is Cc1cc(CC(=O)[O-])c(O)c(C(C)(C)C)c1. The second kappa shape index (κ2) is 4.16. The summed E-state index contributed by atoms with van der Waals surface area (Å²) in [4.78, 5) is 10.6. The van der Waals surface area contributed by atoms with E-state index in [9.17, 15) is 15.0 Å². The van der Waals surface area contributed by atoms with Crippen LogP contribution < -0.4 is 5.11 Å². The van der Waals surface area contributed by atoms with Crippen LogP contribution in [0.5, 0.6) is 5.75 Å². The highest BCUT2D eigenvalue weighted by Crippen LogP contribution is 2.34. The van der Waals surface area contributed by atoms with E-state index in [1.807, 2.05) is 33.8 Å². The summed E-state index contributed by atoms with van der Waals surface area (Å²) in [6, 6.07) is 3.56. The lowest BCUT2D eigenvalue weighted by atomic mass is 9.84. The van der Waals surface area contributed by atoms with Crippen LogP contribution in [0.15, 0.2) is 12.1 Å². The number of carbonyl (C=O) groups is 1. The number of aliphatic carboxylic acids is 1. The fraction of sp³-hybridized carbons (Fsp3) is 0.462. The number of phenolic OH excluding ortho intramolecular Hbond substituents is 1. The van der Waals surface area contributed by atoms with Crippen molar-refractivity contribution in [2.24, 2.45) is 0 Å². The van der Waals surface area contributed by atoms with Crippen LogP contribution >= 0.6 is 0 Å². The Balaban J connectivity index is 3.32. The van der Waals surface area contributed by atoms with Crippen LogP contribution in [0.25, 0.3) is 0 Å². The summed E-state index contributed by atoms with van der Waals surface area (Å²) >= 11 is 0. The van der Waals surface area contributed by atoms with Crippen molar-refractivity contribution in [2.75, 3.05) is 0 Å². The summed E-state index contributed by atoms with van der Waals surface area (Å²) in [5.41, 5.74) is 1.92. The Morgan fingerprint density at radius 2 is 1.94 bits per heavy atom. The molecular weight excluding hydrogens is 204 g/mol. The Bertz CT molecular complexity index is 414. The van der Waals surface area contributed by atoms with Gasteiger partial charge in [-0.25, -0.2) is 0 Å². The minimum absolute atomic E-state index is 0.0716. The van der Waals surface area contributed by atoms with Gasteiger partial charge in [-0.3, -0.25) is 0 Å². The number of carboxylic acid groups (broad SMARTS) is 1. The third-order valence-electron chi connectivity index (χ3n) is 2.48. The van der Waals surface area contributed by atoms with Crippen LogP contribution in [-0.2, 0) is 16.6 Å². The van der Waals surface area contributed by atoms with E-state index in [1.165, 1.54) is 0 Å². The van der Waals surface area contributed by atoms with Crippen LogP contribution in [-0.4, -0.2) is 11.1 Å². The Morgan fingerprint density at radius 3 is 2.38 bits per heavy atom. The van der Waals surface area contributed by atoms with E-state index in [4.69, 9.17) is 0 Å². The molecule has 88 valence electrons. The number of rotatable bonds is 2. The highest BCUT2D eigenvalue weighted by Gasteiger charge is 2.20. The average molecular weight is 221 g/mol. The Kier molecular flexibility index (Phi) is 3.27. The number of aryl methyl sites for hydroxylation is 1. The van der Waals surface area contributed by atoms with Crippen molar-refractivity contribution in [3.63, 3.8) is 0 Å². The fourth-order valence-corrected chi connectivity index (χ4v) is 1.72. The van der Waals surface area contributed by atoms with Gasteiger partial charge >= 0.3 is 0 Å². The summed E-state index contributed by atoms with van der Waals surface area (Å²) in [5, 5.41) is 20.6. The van der Waals surface area contributed by atoms with Crippen molar-refractivity contribution in [2.45, 2.75) is 39.5 Å². The molecule has 0 aliphatic heterocycles. The minimum atomic E-state index is -1.18. The van der Waals surface area contributed by atoms with Crippen LogP contribution in [0.1, 0.15) is 37.5 Å². The first kappa shape index (κ1) is 12.6. The van der Waals surface area contributed by atoms with Gasteiger partial charge in [-0.05, 0) is 17.9 Å². The first-order valence-electron chi connectivity index (χ1n) is 5.24. The van der Waals surface area contributed by atoms with Gasteiger partial charge in [-0.1, -0.05) is 38.5 Å². The molecule has 16 heavy (non-hydrogen) atoms. The molecule has 0 spiro atoms. The Morgan fingerprint density at radius 1 is 1.38 bits per heavy atom. The predicted molar refractivity (Wildman–Crippen MR) is 60.3 cm³/mol. The fourth-order valence-electron chi connectivity index (χ4n) is 1.72. The van der Waals surface area contributed by atoms with Crippen molar-refractivity contribution >= 4 is 5.97 Å². The molecule has 0 saturated carbocycles. The largest absolute Gasteiger partial charge is 0.550 e. The second-order valence-electron chi connectivity index (χ2n) is 5.12. The molecule has 0 fully saturated rings. The van der Waals surface area contributed by atoms with Gasteiger partial charge in [0.2, 0.25) is 0 Å². The summed E-state index contributed by atoms with van der Waals surface area (Å²) in [6.45, 7) is 7.81. The van der Waals surface area contributed by atoms with Gasteiger partial charge in [0.1, 0.15) is 5.75 Å². The number of hydrogen-bond acceptors (Lipinski definition) is 3. The molecule has 1 rings (SSSR count). The zero-order chi connectivity index (χ0) is 12.5. The van der Waals surface area contributed by atoms with Crippen molar-refractivity contribution in [3.8, 4) is 5.75 Å². The van der Waals surface area contributed by atoms with E-state index in [2.05, 4.69) is 0 Å². The van der Waals surface area contributed by atoms with Crippen molar-refractivity contribution in [1.82, 2.24) is 0 Å². The van der Waals surface area contributed by atoms with Crippen LogP contribution in [0.2, 0.25) is 0 Å².